The first-order valence-electron chi connectivity index (χ1n) is 9.23. The molecular weight excluding hydrogens is 296 g/mol. The molecule has 0 amide bonds. The highest BCUT2D eigenvalue weighted by atomic mass is 15.1. The Bertz CT molecular complexity index is 647. The lowest BCUT2D eigenvalue weighted by Gasteiger charge is -2.29. The Hall–Kier alpha value is -1.68. The third-order valence-corrected chi connectivity index (χ3v) is 5.24. The molecule has 0 radical (unpaired) electrons. The number of pyridine rings is 1. The van der Waals surface area contributed by atoms with Crippen LogP contribution in [0.2, 0.25) is 0 Å². The molecule has 24 heavy (non-hydrogen) atoms. The average molecular weight is 326 g/mol. The molecular formula is C20H30N4. The van der Waals surface area contributed by atoms with Gasteiger partial charge in [-0.25, -0.2) is 4.98 Å². The third kappa shape index (κ3) is 4.04. The highest BCUT2D eigenvalue weighted by molar-refractivity contribution is 5.26. The van der Waals surface area contributed by atoms with Gasteiger partial charge in [-0.3, -0.25) is 4.98 Å². The zero-order valence-electron chi connectivity index (χ0n) is 15.3. The molecule has 4 heteroatoms. The molecule has 130 valence electrons. The Morgan fingerprint density at radius 3 is 3.00 bits per heavy atom. The Kier molecular flexibility index (Phi) is 5.67. The summed E-state index contributed by atoms with van der Waals surface area (Å²) in [6.07, 6.45) is 12.0. The van der Waals surface area contributed by atoms with Crippen LogP contribution in [0.15, 0.2) is 30.7 Å². The number of aromatic nitrogens is 3. The van der Waals surface area contributed by atoms with Gasteiger partial charge in [0, 0.05) is 43.2 Å². The van der Waals surface area contributed by atoms with E-state index in [2.05, 4.69) is 53.8 Å². The summed E-state index contributed by atoms with van der Waals surface area (Å²) in [6.45, 7) is 4.54. The van der Waals surface area contributed by atoms with Gasteiger partial charge in [-0.2, -0.15) is 0 Å². The highest BCUT2D eigenvalue weighted by Crippen LogP contribution is 2.36. The van der Waals surface area contributed by atoms with E-state index in [0.717, 1.165) is 19.5 Å². The van der Waals surface area contributed by atoms with E-state index in [1.807, 2.05) is 12.4 Å². The molecule has 2 heterocycles. The summed E-state index contributed by atoms with van der Waals surface area (Å²) in [5, 5.41) is 0. The predicted octanol–water partition coefficient (Wildman–Crippen LogP) is 3.53. The Balaban J connectivity index is 1.66. The topological polar surface area (TPSA) is 34.0 Å². The maximum Gasteiger partial charge on any atom is 0.108 e. The van der Waals surface area contributed by atoms with E-state index in [9.17, 15) is 0 Å². The molecule has 2 unspecified atom stereocenters. The normalized spacial score (nSPS) is 18.6. The fraction of sp³-hybridized carbons (Fsp3) is 0.600. The van der Waals surface area contributed by atoms with E-state index in [-0.39, 0.29) is 0 Å². The number of fused-ring (bicyclic) bond motifs is 1. The monoisotopic (exact) mass is 326 g/mol. The van der Waals surface area contributed by atoms with E-state index in [4.69, 9.17) is 4.98 Å². The molecule has 1 aliphatic rings. The molecule has 0 saturated carbocycles. The van der Waals surface area contributed by atoms with E-state index >= 15 is 0 Å². The van der Waals surface area contributed by atoms with Crippen molar-refractivity contribution in [3.63, 3.8) is 0 Å². The smallest absolute Gasteiger partial charge is 0.108 e. The van der Waals surface area contributed by atoms with Gasteiger partial charge in [-0.1, -0.05) is 13.0 Å². The molecule has 0 fully saturated rings. The molecule has 0 spiro atoms. The zero-order valence-corrected chi connectivity index (χ0v) is 15.3. The van der Waals surface area contributed by atoms with Crippen LogP contribution >= 0.6 is 0 Å². The van der Waals surface area contributed by atoms with Crippen molar-refractivity contribution < 1.29 is 0 Å². The number of rotatable bonds is 7. The highest BCUT2D eigenvalue weighted by Gasteiger charge is 2.27. The maximum atomic E-state index is 4.71. The van der Waals surface area contributed by atoms with E-state index in [1.165, 1.54) is 42.8 Å². The number of hydrogen-bond acceptors (Lipinski definition) is 3. The van der Waals surface area contributed by atoms with Crippen LogP contribution in [0.5, 0.6) is 0 Å². The summed E-state index contributed by atoms with van der Waals surface area (Å²) < 4.78 is 2.34. The van der Waals surface area contributed by atoms with Gasteiger partial charge in [-0.15, -0.1) is 0 Å². The van der Waals surface area contributed by atoms with Crippen LogP contribution in [0, 0.1) is 5.92 Å². The second-order valence-electron chi connectivity index (χ2n) is 7.42. The van der Waals surface area contributed by atoms with Gasteiger partial charge in [0.1, 0.15) is 5.82 Å². The molecule has 1 aliphatic carbocycles. The van der Waals surface area contributed by atoms with Gasteiger partial charge < -0.3 is 9.47 Å². The maximum absolute atomic E-state index is 4.71. The van der Waals surface area contributed by atoms with Gasteiger partial charge in [0.2, 0.25) is 0 Å². The van der Waals surface area contributed by atoms with Gasteiger partial charge >= 0.3 is 0 Å². The lowest BCUT2D eigenvalue weighted by molar-refractivity contribution is 0.370. The number of nitrogens with zero attached hydrogens (tertiary/aromatic N) is 4. The van der Waals surface area contributed by atoms with Crippen LogP contribution in [-0.2, 0) is 19.4 Å². The number of aryl methyl sites for hydroxylation is 2. The summed E-state index contributed by atoms with van der Waals surface area (Å²) in [7, 11) is 4.26. The zero-order chi connectivity index (χ0) is 16.9. The Labute approximate surface area is 145 Å². The first-order valence-corrected chi connectivity index (χ1v) is 9.23. The van der Waals surface area contributed by atoms with Gasteiger partial charge in [0.25, 0.3) is 0 Å². The van der Waals surface area contributed by atoms with Gasteiger partial charge in [-0.05, 0) is 63.9 Å². The molecule has 3 rings (SSSR count). The molecule has 0 aromatic carbocycles. The molecule has 2 aromatic rings. The standard InChI is InChI=1S/C20H30N4/c1-16(18-9-4-7-17-8-5-10-22-20(17)18)15-19-21-11-14-24(19)13-6-12-23(2)3/h5,8,10-11,14,16,18H,4,6-7,9,12-13,15H2,1-3H3. The van der Waals surface area contributed by atoms with E-state index < -0.39 is 0 Å². The second-order valence-corrected chi connectivity index (χ2v) is 7.42. The largest absolute Gasteiger partial charge is 0.335 e. The first-order chi connectivity index (χ1) is 11.6. The lowest BCUT2D eigenvalue weighted by atomic mass is 9.78. The van der Waals surface area contributed by atoms with Crippen molar-refractivity contribution in [2.75, 3.05) is 20.6 Å². The fourth-order valence-electron chi connectivity index (χ4n) is 3.92. The van der Waals surface area contributed by atoms with Crippen LogP contribution in [0.1, 0.15) is 49.2 Å². The minimum atomic E-state index is 0.571. The van der Waals surface area contributed by atoms with Crippen molar-refractivity contribution in [3.8, 4) is 0 Å². The summed E-state index contributed by atoms with van der Waals surface area (Å²) in [5.41, 5.74) is 2.79. The summed E-state index contributed by atoms with van der Waals surface area (Å²) in [4.78, 5) is 11.6. The van der Waals surface area contributed by atoms with Crippen molar-refractivity contribution in [1.29, 1.82) is 0 Å². The Morgan fingerprint density at radius 1 is 1.29 bits per heavy atom. The summed E-state index contributed by atoms with van der Waals surface area (Å²) in [6, 6.07) is 4.33. The van der Waals surface area contributed by atoms with Gasteiger partial charge in [0.05, 0.1) is 0 Å². The minimum Gasteiger partial charge on any atom is -0.335 e. The fourth-order valence-corrected chi connectivity index (χ4v) is 3.92. The van der Waals surface area contributed by atoms with E-state index in [1.54, 1.807) is 0 Å². The average Bonchev–Trinajstić information content (AvgIpc) is 3.01. The van der Waals surface area contributed by atoms with Crippen molar-refractivity contribution >= 4 is 0 Å². The van der Waals surface area contributed by atoms with Crippen LogP contribution in [-0.4, -0.2) is 40.1 Å². The van der Waals surface area contributed by atoms with E-state index in [0.29, 0.717) is 11.8 Å². The van der Waals surface area contributed by atoms with Crippen molar-refractivity contribution in [2.45, 2.75) is 51.5 Å². The minimum absolute atomic E-state index is 0.571. The molecule has 0 bridgehead atoms. The Morgan fingerprint density at radius 2 is 2.17 bits per heavy atom. The molecule has 2 atom stereocenters. The number of imidazole rings is 1. The lowest BCUT2D eigenvalue weighted by Crippen LogP contribution is -2.21. The van der Waals surface area contributed by atoms with Gasteiger partial charge in [0.15, 0.2) is 0 Å². The van der Waals surface area contributed by atoms with Crippen molar-refractivity contribution in [1.82, 2.24) is 19.4 Å². The number of hydrogen-bond donors (Lipinski definition) is 0. The van der Waals surface area contributed by atoms with Crippen LogP contribution in [0.25, 0.3) is 0 Å². The van der Waals surface area contributed by atoms with Crippen LogP contribution < -0.4 is 0 Å². The molecule has 2 aromatic heterocycles. The first kappa shape index (κ1) is 17.2. The molecule has 0 aliphatic heterocycles. The second kappa shape index (κ2) is 7.93. The SMILES string of the molecule is CC(Cc1nccn1CCCN(C)C)C1CCCc2cccnc21. The van der Waals surface area contributed by atoms with Crippen molar-refractivity contribution in [3.05, 3.63) is 47.8 Å². The quantitative estimate of drug-likeness (QED) is 0.780. The molecule has 0 saturated heterocycles. The predicted molar refractivity (Wildman–Crippen MR) is 98.2 cm³/mol. The third-order valence-electron chi connectivity index (χ3n) is 5.24. The molecule has 4 nitrogen and oxygen atoms in total. The van der Waals surface area contributed by atoms with Crippen LogP contribution in [0.3, 0.4) is 0 Å². The summed E-state index contributed by atoms with van der Waals surface area (Å²) >= 11 is 0. The van der Waals surface area contributed by atoms with Crippen LogP contribution in [0.4, 0.5) is 0 Å². The summed E-state index contributed by atoms with van der Waals surface area (Å²) in [5.74, 6) is 2.38. The van der Waals surface area contributed by atoms with Crippen molar-refractivity contribution in [2.24, 2.45) is 5.92 Å². The molecule has 0 N–H and O–H groups in total.